The number of hydrogen-bond acceptors (Lipinski definition) is 4. The minimum atomic E-state index is -3.43. The summed E-state index contributed by atoms with van der Waals surface area (Å²) in [7, 11) is -1.58. The first-order valence-corrected chi connectivity index (χ1v) is 9.88. The number of nitrogens with one attached hydrogen (secondary N) is 2. The molecule has 0 bridgehead atoms. The van der Waals surface area contributed by atoms with Gasteiger partial charge in [0.25, 0.3) is 0 Å². The van der Waals surface area contributed by atoms with Crippen LogP contribution in [0.25, 0.3) is 0 Å². The van der Waals surface area contributed by atoms with E-state index in [1.54, 1.807) is 6.07 Å². The standard InChI is InChI=1S/C13H21BrN2O2S2/c1-13(5-3-4-6-13)9-16-20(17,18)11-7-10(8-15-2)19-12(11)14/h7,15-16H,3-6,8-9H2,1-2H3. The topological polar surface area (TPSA) is 58.2 Å². The summed E-state index contributed by atoms with van der Waals surface area (Å²) in [5.74, 6) is 0. The highest BCUT2D eigenvalue weighted by Gasteiger charge is 2.31. The van der Waals surface area contributed by atoms with E-state index in [2.05, 4.69) is 32.9 Å². The largest absolute Gasteiger partial charge is 0.315 e. The third-order valence-corrected chi connectivity index (χ3v) is 7.50. The molecule has 4 nitrogen and oxygen atoms in total. The Hall–Kier alpha value is 0.0500. The molecule has 1 fully saturated rings. The molecule has 1 heterocycles. The molecule has 0 unspecified atom stereocenters. The molecule has 0 aliphatic heterocycles. The molecular weight excluding hydrogens is 360 g/mol. The number of rotatable bonds is 6. The van der Waals surface area contributed by atoms with Crippen LogP contribution < -0.4 is 10.0 Å². The third kappa shape index (κ3) is 3.82. The van der Waals surface area contributed by atoms with E-state index in [0.29, 0.717) is 21.8 Å². The van der Waals surface area contributed by atoms with Crippen molar-refractivity contribution in [3.63, 3.8) is 0 Å². The molecule has 2 rings (SSSR count). The fourth-order valence-corrected chi connectivity index (χ4v) is 6.49. The maximum atomic E-state index is 12.4. The van der Waals surface area contributed by atoms with Crippen molar-refractivity contribution in [2.45, 2.75) is 44.0 Å². The summed E-state index contributed by atoms with van der Waals surface area (Å²) in [5, 5.41) is 3.03. The van der Waals surface area contributed by atoms with Crippen LogP contribution in [0.5, 0.6) is 0 Å². The SMILES string of the molecule is CNCc1cc(S(=O)(=O)NCC2(C)CCCC2)c(Br)s1. The Morgan fingerprint density at radius 1 is 1.40 bits per heavy atom. The van der Waals surface area contributed by atoms with Gasteiger partial charge < -0.3 is 5.32 Å². The third-order valence-electron chi connectivity index (χ3n) is 3.85. The maximum absolute atomic E-state index is 12.4. The van der Waals surface area contributed by atoms with Crippen LogP contribution in [0.2, 0.25) is 0 Å². The predicted octanol–water partition coefficient (Wildman–Crippen LogP) is 3.09. The van der Waals surface area contributed by atoms with E-state index in [0.717, 1.165) is 17.7 Å². The lowest BCUT2D eigenvalue weighted by Crippen LogP contribution is -2.34. The average molecular weight is 381 g/mol. The molecule has 0 amide bonds. The molecular formula is C13H21BrN2O2S2. The Morgan fingerprint density at radius 3 is 2.65 bits per heavy atom. The van der Waals surface area contributed by atoms with Crippen LogP contribution >= 0.6 is 27.3 Å². The second-order valence-electron chi connectivity index (χ2n) is 5.72. The van der Waals surface area contributed by atoms with Crippen molar-refractivity contribution in [1.82, 2.24) is 10.0 Å². The summed E-state index contributed by atoms with van der Waals surface area (Å²) in [4.78, 5) is 1.36. The molecule has 0 saturated heterocycles. The van der Waals surface area contributed by atoms with Crippen molar-refractivity contribution < 1.29 is 8.42 Å². The first-order chi connectivity index (χ1) is 9.36. The van der Waals surface area contributed by atoms with Crippen molar-refractivity contribution >= 4 is 37.3 Å². The summed E-state index contributed by atoms with van der Waals surface area (Å²) in [6.07, 6.45) is 4.61. The van der Waals surface area contributed by atoms with Crippen LogP contribution in [0.1, 0.15) is 37.5 Å². The second-order valence-corrected chi connectivity index (χ2v) is 9.91. The molecule has 7 heteroatoms. The van der Waals surface area contributed by atoms with Crippen molar-refractivity contribution in [3.05, 3.63) is 14.7 Å². The molecule has 1 saturated carbocycles. The second kappa shape index (κ2) is 6.44. The first kappa shape index (κ1) is 16.4. The van der Waals surface area contributed by atoms with Gasteiger partial charge in [-0.25, -0.2) is 13.1 Å². The number of sulfonamides is 1. The summed E-state index contributed by atoms with van der Waals surface area (Å²) < 4.78 is 28.3. The van der Waals surface area contributed by atoms with Crippen LogP contribution in [0, 0.1) is 5.41 Å². The van der Waals surface area contributed by atoms with E-state index in [-0.39, 0.29) is 5.41 Å². The van der Waals surface area contributed by atoms with Gasteiger partial charge in [0.05, 0.1) is 3.79 Å². The van der Waals surface area contributed by atoms with Gasteiger partial charge in [-0.2, -0.15) is 0 Å². The number of halogens is 1. The molecule has 0 spiro atoms. The van der Waals surface area contributed by atoms with Crippen molar-refractivity contribution in [2.24, 2.45) is 5.41 Å². The number of thiophene rings is 1. The quantitative estimate of drug-likeness (QED) is 0.796. The Morgan fingerprint density at radius 2 is 2.05 bits per heavy atom. The summed E-state index contributed by atoms with van der Waals surface area (Å²) >= 11 is 4.82. The zero-order valence-electron chi connectivity index (χ0n) is 11.8. The molecule has 20 heavy (non-hydrogen) atoms. The van der Waals surface area contributed by atoms with E-state index >= 15 is 0 Å². The van der Waals surface area contributed by atoms with Gasteiger partial charge in [0.1, 0.15) is 4.90 Å². The summed E-state index contributed by atoms with van der Waals surface area (Å²) in [5.41, 5.74) is 0.114. The zero-order valence-corrected chi connectivity index (χ0v) is 15.0. The summed E-state index contributed by atoms with van der Waals surface area (Å²) in [6, 6.07) is 1.74. The van der Waals surface area contributed by atoms with E-state index in [4.69, 9.17) is 0 Å². The van der Waals surface area contributed by atoms with Gasteiger partial charge in [-0.3, -0.25) is 0 Å². The summed E-state index contributed by atoms with van der Waals surface area (Å²) in [6.45, 7) is 3.37. The zero-order chi connectivity index (χ0) is 14.8. The van der Waals surface area contributed by atoms with Crippen LogP contribution in [0.4, 0.5) is 0 Å². The van der Waals surface area contributed by atoms with Gasteiger partial charge in [0.2, 0.25) is 10.0 Å². The normalized spacial score (nSPS) is 18.6. The minimum Gasteiger partial charge on any atom is -0.315 e. The average Bonchev–Trinajstić information content (AvgIpc) is 2.96. The van der Waals surface area contributed by atoms with E-state index in [1.807, 2.05) is 7.05 Å². The van der Waals surface area contributed by atoms with Crippen LogP contribution in [-0.4, -0.2) is 22.0 Å². The Bertz CT molecular complexity index is 563. The Labute approximate surface area is 133 Å². The van der Waals surface area contributed by atoms with Gasteiger partial charge in [-0.1, -0.05) is 19.8 Å². The lowest BCUT2D eigenvalue weighted by molar-refractivity contribution is 0.336. The van der Waals surface area contributed by atoms with E-state index in [1.165, 1.54) is 24.2 Å². The molecule has 0 atom stereocenters. The Balaban J connectivity index is 2.09. The highest BCUT2D eigenvalue weighted by molar-refractivity contribution is 9.11. The predicted molar refractivity (Wildman–Crippen MR) is 86.5 cm³/mol. The number of hydrogen-bond donors (Lipinski definition) is 2. The first-order valence-electron chi connectivity index (χ1n) is 6.79. The monoisotopic (exact) mass is 380 g/mol. The lowest BCUT2D eigenvalue weighted by atomic mass is 9.89. The van der Waals surface area contributed by atoms with E-state index in [9.17, 15) is 8.42 Å². The van der Waals surface area contributed by atoms with Crippen LogP contribution in [0.15, 0.2) is 14.7 Å². The van der Waals surface area contributed by atoms with Gasteiger partial charge >= 0.3 is 0 Å². The van der Waals surface area contributed by atoms with Crippen molar-refractivity contribution in [2.75, 3.05) is 13.6 Å². The van der Waals surface area contributed by atoms with Gasteiger partial charge in [0.15, 0.2) is 0 Å². The highest BCUT2D eigenvalue weighted by Crippen LogP contribution is 2.37. The van der Waals surface area contributed by atoms with Gasteiger partial charge in [-0.15, -0.1) is 11.3 Å². The molecule has 1 aliphatic rings. The van der Waals surface area contributed by atoms with Crippen molar-refractivity contribution in [3.8, 4) is 0 Å². The van der Waals surface area contributed by atoms with Gasteiger partial charge in [0, 0.05) is 18.0 Å². The van der Waals surface area contributed by atoms with E-state index < -0.39 is 10.0 Å². The smallest absolute Gasteiger partial charge is 0.242 e. The molecule has 114 valence electrons. The molecule has 1 aromatic heterocycles. The minimum absolute atomic E-state index is 0.114. The van der Waals surface area contributed by atoms with Crippen LogP contribution in [-0.2, 0) is 16.6 Å². The molecule has 0 radical (unpaired) electrons. The van der Waals surface area contributed by atoms with Crippen LogP contribution in [0.3, 0.4) is 0 Å². The molecule has 0 aromatic carbocycles. The lowest BCUT2D eigenvalue weighted by Gasteiger charge is -2.23. The fraction of sp³-hybridized carbons (Fsp3) is 0.692. The van der Waals surface area contributed by atoms with Gasteiger partial charge in [-0.05, 0) is 47.3 Å². The Kier molecular flexibility index (Phi) is 5.29. The maximum Gasteiger partial charge on any atom is 0.242 e. The fourth-order valence-electron chi connectivity index (χ4n) is 2.59. The molecule has 1 aliphatic carbocycles. The highest BCUT2D eigenvalue weighted by atomic mass is 79.9. The molecule has 2 N–H and O–H groups in total. The van der Waals surface area contributed by atoms with Crippen molar-refractivity contribution in [1.29, 1.82) is 0 Å². The molecule has 1 aromatic rings.